The third-order valence-electron chi connectivity index (χ3n) is 5.36. The molecular weight excluding hydrogens is 549 g/mol. The minimum Gasteiger partial charge on any atom is -0.462 e. The molecule has 3 aromatic rings. The van der Waals surface area contributed by atoms with Crippen LogP contribution in [0.15, 0.2) is 47.6 Å². The van der Waals surface area contributed by atoms with Crippen LogP contribution in [0.3, 0.4) is 0 Å². The average molecular weight is 579 g/mol. The summed E-state index contributed by atoms with van der Waals surface area (Å²) in [6.45, 7) is 6.08. The largest absolute Gasteiger partial charge is 0.462 e. The number of carbonyl (C=O) groups is 3. The molecule has 0 unspecified atom stereocenters. The Morgan fingerprint density at radius 3 is 2.55 bits per heavy atom. The van der Waals surface area contributed by atoms with Crippen molar-refractivity contribution < 1.29 is 19.1 Å². The van der Waals surface area contributed by atoms with Crippen molar-refractivity contribution >= 4 is 58.4 Å². The zero-order valence-electron chi connectivity index (χ0n) is 21.5. The third kappa shape index (κ3) is 7.96. The van der Waals surface area contributed by atoms with E-state index in [4.69, 9.17) is 27.9 Å². The molecule has 202 valence electrons. The molecule has 0 aliphatic carbocycles. The number of carbonyl (C=O) groups excluding carboxylic acids is 3. The molecule has 0 saturated heterocycles. The van der Waals surface area contributed by atoms with Crippen molar-refractivity contribution in [3.8, 4) is 0 Å². The number of hydrogen-bond acceptors (Lipinski definition) is 7. The fraction of sp³-hybridized carbons (Fsp3) is 0.346. The standard InChI is InChI=1S/C26H29Cl2N5O4S/c1-5-37-25(36)16-7-6-8-18(12-16)29-22(34)14-38-26-32-31-23(33(26)4)21(11-15(2)3)30-24(35)19-10-9-17(27)13-20(19)28/h6-10,12-13,15,21H,5,11,14H2,1-4H3,(H,29,34)(H,30,35)/t21-/m1/s1. The molecule has 12 heteroatoms. The molecule has 0 spiro atoms. The molecule has 38 heavy (non-hydrogen) atoms. The predicted octanol–water partition coefficient (Wildman–Crippen LogP) is 5.55. The van der Waals surface area contributed by atoms with E-state index in [2.05, 4.69) is 20.8 Å². The first-order valence-corrected chi connectivity index (χ1v) is 13.7. The first kappa shape index (κ1) is 29.5. The van der Waals surface area contributed by atoms with Gasteiger partial charge in [-0.05, 0) is 55.7 Å². The van der Waals surface area contributed by atoms with E-state index in [-0.39, 0.29) is 35.1 Å². The van der Waals surface area contributed by atoms with Crippen molar-refractivity contribution in [2.75, 3.05) is 17.7 Å². The lowest BCUT2D eigenvalue weighted by Gasteiger charge is -2.20. The molecule has 0 aliphatic heterocycles. The quantitative estimate of drug-likeness (QED) is 0.227. The van der Waals surface area contributed by atoms with Crippen LogP contribution < -0.4 is 10.6 Å². The van der Waals surface area contributed by atoms with E-state index in [1.165, 1.54) is 17.8 Å². The number of rotatable bonds is 11. The van der Waals surface area contributed by atoms with Gasteiger partial charge in [-0.15, -0.1) is 10.2 Å². The van der Waals surface area contributed by atoms with Crippen LogP contribution in [-0.2, 0) is 16.6 Å². The van der Waals surface area contributed by atoms with Gasteiger partial charge in [-0.1, -0.05) is 54.9 Å². The number of nitrogens with zero attached hydrogens (tertiary/aromatic N) is 3. The summed E-state index contributed by atoms with van der Waals surface area (Å²) in [5.41, 5.74) is 1.15. The number of hydrogen-bond donors (Lipinski definition) is 2. The highest BCUT2D eigenvalue weighted by Gasteiger charge is 2.24. The van der Waals surface area contributed by atoms with Crippen molar-refractivity contribution in [1.82, 2.24) is 20.1 Å². The number of nitrogens with one attached hydrogen (secondary N) is 2. The van der Waals surface area contributed by atoms with Crippen LogP contribution >= 0.6 is 35.0 Å². The molecule has 1 heterocycles. The maximum absolute atomic E-state index is 13.0. The van der Waals surface area contributed by atoms with Gasteiger partial charge in [-0.25, -0.2) is 4.79 Å². The maximum atomic E-state index is 13.0. The molecule has 2 N–H and O–H groups in total. The number of ether oxygens (including phenoxy) is 1. The molecule has 3 rings (SSSR count). The molecule has 0 aliphatic rings. The van der Waals surface area contributed by atoms with Gasteiger partial charge in [0.1, 0.15) is 0 Å². The number of thioether (sulfide) groups is 1. The number of halogens is 2. The number of esters is 1. The van der Waals surface area contributed by atoms with Gasteiger partial charge in [-0.2, -0.15) is 0 Å². The smallest absolute Gasteiger partial charge is 0.338 e. The summed E-state index contributed by atoms with van der Waals surface area (Å²) in [6.07, 6.45) is 0.616. The van der Waals surface area contributed by atoms with E-state index in [9.17, 15) is 14.4 Å². The minimum atomic E-state index is -0.453. The highest BCUT2D eigenvalue weighted by Crippen LogP contribution is 2.26. The van der Waals surface area contributed by atoms with Crippen LogP contribution in [0.1, 0.15) is 59.8 Å². The second-order valence-electron chi connectivity index (χ2n) is 8.82. The Kier molecular flexibility index (Phi) is 10.6. The molecule has 9 nitrogen and oxygen atoms in total. The fourth-order valence-electron chi connectivity index (χ4n) is 3.63. The molecule has 0 radical (unpaired) electrons. The van der Waals surface area contributed by atoms with Gasteiger partial charge in [0.25, 0.3) is 5.91 Å². The van der Waals surface area contributed by atoms with E-state index in [0.717, 1.165) is 0 Å². The summed E-state index contributed by atoms with van der Waals surface area (Å²) < 4.78 is 6.76. The molecule has 0 saturated carbocycles. The monoisotopic (exact) mass is 577 g/mol. The Morgan fingerprint density at radius 1 is 1.11 bits per heavy atom. The second-order valence-corrected chi connectivity index (χ2v) is 10.6. The molecule has 1 aromatic heterocycles. The second kappa shape index (κ2) is 13.6. The predicted molar refractivity (Wildman–Crippen MR) is 149 cm³/mol. The number of anilines is 1. The van der Waals surface area contributed by atoms with E-state index in [1.54, 1.807) is 54.9 Å². The zero-order chi connectivity index (χ0) is 27.8. The van der Waals surface area contributed by atoms with E-state index in [1.807, 2.05) is 13.8 Å². The van der Waals surface area contributed by atoms with Crippen LogP contribution in [0.4, 0.5) is 5.69 Å². The number of benzene rings is 2. The Balaban J connectivity index is 1.67. The van der Waals surface area contributed by atoms with Gasteiger partial charge in [0.15, 0.2) is 11.0 Å². The van der Waals surface area contributed by atoms with Crippen molar-refractivity contribution in [2.24, 2.45) is 13.0 Å². The van der Waals surface area contributed by atoms with Crippen LogP contribution in [-0.4, -0.2) is 44.9 Å². The first-order valence-electron chi connectivity index (χ1n) is 11.9. The Morgan fingerprint density at radius 2 is 1.87 bits per heavy atom. The fourth-order valence-corrected chi connectivity index (χ4v) is 4.84. The molecule has 2 amide bonds. The van der Waals surface area contributed by atoms with Crippen LogP contribution in [0.2, 0.25) is 10.0 Å². The lowest BCUT2D eigenvalue weighted by Crippen LogP contribution is -2.31. The van der Waals surface area contributed by atoms with E-state index >= 15 is 0 Å². The third-order valence-corrected chi connectivity index (χ3v) is 6.93. The Labute approximate surface area is 235 Å². The van der Waals surface area contributed by atoms with Gasteiger partial charge in [0.2, 0.25) is 5.91 Å². The minimum absolute atomic E-state index is 0.0667. The van der Waals surface area contributed by atoms with Crippen molar-refractivity contribution in [3.63, 3.8) is 0 Å². The summed E-state index contributed by atoms with van der Waals surface area (Å²) >= 11 is 13.4. The Hall–Kier alpha value is -3.08. The molecule has 2 aromatic carbocycles. The number of aromatic nitrogens is 3. The van der Waals surface area contributed by atoms with Crippen LogP contribution in [0, 0.1) is 5.92 Å². The Bertz CT molecular complexity index is 1310. The summed E-state index contributed by atoms with van der Waals surface area (Å²) in [5.74, 6) is -0.195. The van der Waals surface area contributed by atoms with E-state index < -0.39 is 12.0 Å². The lowest BCUT2D eigenvalue weighted by molar-refractivity contribution is -0.113. The van der Waals surface area contributed by atoms with Crippen LogP contribution in [0.25, 0.3) is 0 Å². The SMILES string of the molecule is CCOC(=O)c1cccc(NC(=O)CSc2nnc([C@@H](CC(C)C)NC(=O)c3ccc(Cl)cc3Cl)n2C)c1. The van der Waals surface area contributed by atoms with Gasteiger partial charge in [-0.3, -0.25) is 9.59 Å². The first-order chi connectivity index (χ1) is 18.1. The summed E-state index contributed by atoms with van der Waals surface area (Å²) in [5, 5.41) is 15.5. The molecule has 0 fully saturated rings. The molecule has 0 bridgehead atoms. The molecule has 1 atom stereocenters. The van der Waals surface area contributed by atoms with Gasteiger partial charge in [0.05, 0.1) is 34.6 Å². The van der Waals surface area contributed by atoms with Crippen LogP contribution in [0.5, 0.6) is 0 Å². The highest BCUT2D eigenvalue weighted by atomic mass is 35.5. The summed E-state index contributed by atoms with van der Waals surface area (Å²) in [7, 11) is 1.78. The van der Waals surface area contributed by atoms with Gasteiger partial charge >= 0.3 is 5.97 Å². The average Bonchev–Trinajstić information content (AvgIpc) is 3.22. The number of amides is 2. The van der Waals surface area contributed by atoms with Crippen molar-refractivity contribution in [1.29, 1.82) is 0 Å². The van der Waals surface area contributed by atoms with Gasteiger partial charge in [0, 0.05) is 17.8 Å². The normalized spacial score (nSPS) is 11.8. The van der Waals surface area contributed by atoms with Gasteiger partial charge < -0.3 is 19.9 Å². The van der Waals surface area contributed by atoms with Crippen molar-refractivity contribution in [3.05, 3.63) is 69.5 Å². The summed E-state index contributed by atoms with van der Waals surface area (Å²) in [6, 6.07) is 10.8. The molecular formula is C26H29Cl2N5O4S. The zero-order valence-corrected chi connectivity index (χ0v) is 23.8. The highest BCUT2D eigenvalue weighted by molar-refractivity contribution is 7.99. The lowest BCUT2D eigenvalue weighted by atomic mass is 10.0. The topological polar surface area (TPSA) is 115 Å². The van der Waals surface area contributed by atoms with E-state index in [0.29, 0.717) is 39.2 Å². The summed E-state index contributed by atoms with van der Waals surface area (Å²) in [4.78, 5) is 37.5. The van der Waals surface area contributed by atoms with Crippen molar-refractivity contribution in [2.45, 2.75) is 38.4 Å². The maximum Gasteiger partial charge on any atom is 0.338 e.